The quantitative estimate of drug-likeness (QED) is 0.177. The van der Waals surface area contributed by atoms with Crippen LogP contribution >= 0.6 is 11.3 Å². The second kappa shape index (κ2) is 12.2. The van der Waals surface area contributed by atoms with Crippen LogP contribution in [0.2, 0.25) is 0 Å². The largest absolute Gasteiger partial charge is 0.456 e. The van der Waals surface area contributed by atoms with Crippen molar-refractivity contribution in [1.29, 1.82) is 0 Å². The van der Waals surface area contributed by atoms with Gasteiger partial charge < -0.3 is 13.7 Å². The molecule has 0 atom stereocenters. The summed E-state index contributed by atoms with van der Waals surface area (Å²) in [7, 11) is 0. The molecule has 5 heteroatoms. The minimum absolute atomic E-state index is 0.581. The molecule has 9 aromatic carbocycles. The van der Waals surface area contributed by atoms with Crippen LogP contribution in [0.4, 0.5) is 17.1 Å². The summed E-state index contributed by atoms with van der Waals surface area (Å²) < 4.78 is 15.7. The van der Waals surface area contributed by atoms with Crippen molar-refractivity contribution in [2.75, 3.05) is 4.90 Å². The fourth-order valence-electron chi connectivity index (χ4n) is 8.44. The van der Waals surface area contributed by atoms with Crippen molar-refractivity contribution in [3.63, 3.8) is 0 Å². The van der Waals surface area contributed by atoms with Crippen LogP contribution in [-0.4, -0.2) is 4.98 Å². The highest BCUT2D eigenvalue weighted by Crippen LogP contribution is 2.45. The average molecular weight is 735 g/mol. The molecule has 0 saturated heterocycles. The van der Waals surface area contributed by atoms with Gasteiger partial charge in [-0.2, -0.15) is 0 Å². The van der Waals surface area contributed by atoms with Gasteiger partial charge in [-0.1, -0.05) is 115 Å². The molecule has 0 N–H and O–H groups in total. The van der Waals surface area contributed by atoms with E-state index < -0.39 is 0 Å². The normalized spacial score (nSPS) is 11.9. The molecule has 4 nitrogen and oxygen atoms in total. The van der Waals surface area contributed by atoms with Crippen LogP contribution in [0, 0.1) is 0 Å². The molecule has 262 valence electrons. The molecule has 0 amide bonds. The summed E-state index contributed by atoms with van der Waals surface area (Å²) in [5, 5.41) is 9.29. The minimum atomic E-state index is 0.581. The number of oxazole rings is 1. The Balaban J connectivity index is 1.04. The molecule has 0 aliphatic carbocycles. The van der Waals surface area contributed by atoms with Crippen LogP contribution in [0.3, 0.4) is 0 Å². The standard InChI is InChI=1S/C51H30N2O2S/c1-2-10-31(11-3-1)34-14-8-15-35(28-34)53(36-23-27-47-43(29-36)40-24-20-33-13-5-7-17-39(33)50(40)56-47)37-22-25-41-46(30-37)54-44-19-9-18-42(48(41)44)51-52-49-38-16-6-4-12-32(38)21-26-45(49)55-51/h1-30H. The monoisotopic (exact) mass is 734 g/mol. The van der Waals surface area contributed by atoms with Gasteiger partial charge in [0.1, 0.15) is 16.7 Å². The van der Waals surface area contributed by atoms with Crippen LogP contribution in [-0.2, 0) is 0 Å². The van der Waals surface area contributed by atoms with E-state index in [1.807, 2.05) is 41.7 Å². The molecule has 0 aliphatic rings. The van der Waals surface area contributed by atoms with Crippen molar-refractivity contribution >= 4 is 103 Å². The van der Waals surface area contributed by atoms with Gasteiger partial charge in [0.05, 0.1) is 0 Å². The Morgan fingerprint density at radius 3 is 2.05 bits per heavy atom. The van der Waals surface area contributed by atoms with E-state index in [-0.39, 0.29) is 0 Å². The maximum Gasteiger partial charge on any atom is 0.228 e. The number of aromatic nitrogens is 1. The highest BCUT2D eigenvalue weighted by atomic mass is 32.1. The topological polar surface area (TPSA) is 42.4 Å². The second-order valence-corrected chi connectivity index (χ2v) is 15.4. The Labute approximate surface area is 325 Å². The molecule has 12 rings (SSSR count). The number of fused-ring (bicyclic) bond motifs is 11. The van der Waals surface area contributed by atoms with E-state index in [4.69, 9.17) is 13.8 Å². The van der Waals surface area contributed by atoms with Crippen molar-refractivity contribution in [3.8, 4) is 22.6 Å². The van der Waals surface area contributed by atoms with E-state index in [9.17, 15) is 0 Å². The molecular formula is C51H30N2O2S. The zero-order valence-corrected chi connectivity index (χ0v) is 30.8. The van der Waals surface area contributed by atoms with E-state index in [1.54, 1.807) is 0 Å². The first-order valence-electron chi connectivity index (χ1n) is 18.8. The Bertz CT molecular complexity index is 3500. The summed E-state index contributed by atoms with van der Waals surface area (Å²) in [6.07, 6.45) is 0. The van der Waals surface area contributed by atoms with E-state index >= 15 is 0 Å². The summed E-state index contributed by atoms with van der Waals surface area (Å²) in [5.74, 6) is 0.581. The number of furan rings is 1. The maximum absolute atomic E-state index is 6.68. The highest BCUT2D eigenvalue weighted by molar-refractivity contribution is 7.26. The summed E-state index contributed by atoms with van der Waals surface area (Å²) in [6.45, 7) is 0. The lowest BCUT2D eigenvalue weighted by atomic mass is 10.0. The molecule has 0 spiro atoms. The fraction of sp³-hybridized carbons (Fsp3) is 0. The molecule has 0 radical (unpaired) electrons. The Kier molecular flexibility index (Phi) is 6.76. The minimum Gasteiger partial charge on any atom is -0.456 e. The summed E-state index contributed by atoms with van der Waals surface area (Å²) in [6, 6.07) is 64.4. The van der Waals surface area contributed by atoms with Gasteiger partial charge in [0.25, 0.3) is 0 Å². The maximum atomic E-state index is 6.68. The van der Waals surface area contributed by atoms with Crippen molar-refractivity contribution in [3.05, 3.63) is 182 Å². The van der Waals surface area contributed by atoms with E-state index in [2.05, 4.69) is 157 Å². The average Bonchev–Trinajstić information content (AvgIpc) is 3.98. The molecule has 56 heavy (non-hydrogen) atoms. The van der Waals surface area contributed by atoms with E-state index in [0.29, 0.717) is 5.89 Å². The van der Waals surface area contributed by atoms with Crippen LogP contribution in [0.5, 0.6) is 0 Å². The number of benzene rings is 9. The molecule has 0 bridgehead atoms. The van der Waals surface area contributed by atoms with Gasteiger partial charge in [-0.05, 0) is 87.9 Å². The van der Waals surface area contributed by atoms with Crippen molar-refractivity contribution in [2.45, 2.75) is 0 Å². The third kappa shape index (κ3) is 4.81. The first kappa shape index (κ1) is 31.2. The fourth-order valence-corrected chi connectivity index (χ4v) is 9.66. The van der Waals surface area contributed by atoms with Crippen molar-refractivity contribution in [2.24, 2.45) is 0 Å². The number of thiophene rings is 1. The summed E-state index contributed by atoms with van der Waals surface area (Å²) >= 11 is 1.86. The lowest BCUT2D eigenvalue weighted by Crippen LogP contribution is -2.09. The first-order chi connectivity index (χ1) is 27.7. The van der Waals surface area contributed by atoms with Gasteiger partial charge in [-0.3, -0.25) is 0 Å². The molecule has 3 heterocycles. The Morgan fingerprint density at radius 1 is 0.429 bits per heavy atom. The summed E-state index contributed by atoms with van der Waals surface area (Å²) in [5.41, 5.74) is 9.59. The van der Waals surface area contributed by atoms with Crippen molar-refractivity contribution in [1.82, 2.24) is 4.98 Å². The molecule has 0 aliphatic heterocycles. The number of anilines is 3. The molecule has 0 fully saturated rings. The Hall–Kier alpha value is -7.21. The van der Waals surface area contributed by atoms with Gasteiger partial charge in [0.2, 0.25) is 5.89 Å². The number of hydrogen-bond acceptors (Lipinski definition) is 5. The number of hydrogen-bond donors (Lipinski definition) is 0. The third-order valence-electron chi connectivity index (χ3n) is 11.1. The SMILES string of the molecule is c1ccc(-c2cccc(N(c3ccc4c(c3)oc3cccc(-c5nc6c(ccc7ccccc76)o5)c34)c3ccc4sc5c6ccccc6ccc5c4c3)c2)cc1. The van der Waals surface area contributed by atoms with Gasteiger partial charge in [0, 0.05) is 65.0 Å². The lowest BCUT2D eigenvalue weighted by Gasteiger charge is -2.26. The number of rotatable bonds is 5. The van der Waals surface area contributed by atoms with E-state index in [1.165, 1.54) is 36.5 Å². The molecule has 3 aromatic heterocycles. The lowest BCUT2D eigenvalue weighted by molar-refractivity contribution is 0.620. The smallest absolute Gasteiger partial charge is 0.228 e. The zero-order chi connectivity index (χ0) is 36.7. The molecular weight excluding hydrogens is 705 g/mol. The molecule has 0 saturated carbocycles. The predicted molar refractivity (Wildman–Crippen MR) is 235 cm³/mol. The van der Waals surface area contributed by atoms with Gasteiger partial charge >= 0.3 is 0 Å². The third-order valence-corrected chi connectivity index (χ3v) is 12.3. The molecule has 12 aromatic rings. The van der Waals surface area contributed by atoms with Crippen molar-refractivity contribution < 1.29 is 8.83 Å². The van der Waals surface area contributed by atoms with Crippen LogP contribution < -0.4 is 4.90 Å². The molecule has 0 unspecified atom stereocenters. The van der Waals surface area contributed by atoms with Crippen LogP contribution in [0.1, 0.15) is 0 Å². The van der Waals surface area contributed by atoms with Gasteiger partial charge in [0.15, 0.2) is 5.58 Å². The van der Waals surface area contributed by atoms with Gasteiger partial charge in [-0.15, -0.1) is 11.3 Å². The second-order valence-electron chi connectivity index (χ2n) is 14.3. The summed E-state index contributed by atoms with van der Waals surface area (Å²) in [4.78, 5) is 7.39. The van der Waals surface area contributed by atoms with Crippen LogP contribution in [0.25, 0.3) is 97.3 Å². The van der Waals surface area contributed by atoms with E-state index in [0.717, 1.165) is 72.0 Å². The van der Waals surface area contributed by atoms with Gasteiger partial charge in [-0.25, -0.2) is 4.98 Å². The predicted octanol–water partition coefficient (Wildman–Crippen LogP) is 15.2. The Morgan fingerprint density at radius 2 is 1.14 bits per heavy atom. The zero-order valence-electron chi connectivity index (χ0n) is 29.9. The van der Waals surface area contributed by atoms with Crippen LogP contribution in [0.15, 0.2) is 191 Å². The highest BCUT2D eigenvalue weighted by Gasteiger charge is 2.21. The first-order valence-corrected chi connectivity index (χ1v) is 19.6. The number of nitrogens with zero attached hydrogens (tertiary/aromatic N) is 2.